The van der Waals surface area contributed by atoms with Crippen LogP contribution in [0.1, 0.15) is 29.8 Å². The van der Waals surface area contributed by atoms with E-state index in [0.717, 1.165) is 5.56 Å². The van der Waals surface area contributed by atoms with E-state index in [-0.39, 0.29) is 11.5 Å². The number of carbonyl (C=O) groups is 1. The zero-order valence-corrected chi connectivity index (χ0v) is 15.9. The molecule has 0 radical (unpaired) electrons. The monoisotopic (exact) mass is 366 g/mol. The van der Waals surface area contributed by atoms with Gasteiger partial charge in [0.1, 0.15) is 18.1 Å². The lowest BCUT2D eigenvalue weighted by Crippen LogP contribution is -1.98. The number of methoxy groups -OCH3 is 2. The molecule has 0 fully saturated rings. The van der Waals surface area contributed by atoms with Crippen LogP contribution in [0.3, 0.4) is 0 Å². The molecule has 0 amide bonds. The van der Waals surface area contributed by atoms with E-state index in [1.165, 1.54) is 5.57 Å². The van der Waals surface area contributed by atoms with Crippen molar-refractivity contribution < 1.29 is 23.7 Å². The van der Waals surface area contributed by atoms with Crippen molar-refractivity contribution in [3.8, 4) is 23.0 Å². The number of ether oxygens (including phenoxy) is 4. The number of benzene rings is 2. The second-order valence-corrected chi connectivity index (χ2v) is 6.30. The summed E-state index contributed by atoms with van der Waals surface area (Å²) in [7, 11) is 3.14. The minimum Gasteiger partial charge on any atom is -0.493 e. The van der Waals surface area contributed by atoms with Crippen LogP contribution in [-0.4, -0.2) is 26.6 Å². The van der Waals surface area contributed by atoms with Gasteiger partial charge < -0.3 is 18.9 Å². The van der Waals surface area contributed by atoms with E-state index in [0.29, 0.717) is 35.2 Å². The number of hydrogen-bond donors (Lipinski definition) is 0. The zero-order valence-electron chi connectivity index (χ0n) is 15.9. The SMILES string of the molecule is COc1ccc(/C=C2\Oc3cc(OCC=C(C)C)ccc3C2=O)cc1OC. The van der Waals surface area contributed by atoms with Crippen LogP contribution in [0.15, 0.2) is 53.8 Å². The Labute approximate surface area is 158 Å². The third-order valence-corrected chi connectivity index (χ3v) is 4.09. The molecule has 0 N–H and O–H groups in total. The minimum absolute atomic E-state index is 0.157. The summed E-state index contributed by atoms with van der Waals surface area (Å²) >= 11 is 0. The highest BCUT2D eigenvalue weighted by Crippen LogP contribution is 2.36. The lowest BCUT2D eigenvalue weighted by molar-refractivity contribution is 0.101. The number of fused-ring (bicyclic) bond motifs is 1. The lowest BCUT2D eigenvalue weighted by Gasteiger charge is -2.08. The first-order chi connectivity index (χ1) is 13.0. The van der Waals surface area contributed by atoms with Gasteiger partial charge in [0.05, 0.1) is 19.8 Å². The number of Topliss-reactive ketones (excluding diaryl/α,β-unsaturated/α-hetero) is 1. The standard InChI is InChI=1S/C22H22O5/c1-14(2)9-10-26-16-6-7-17-19(13-16)27-21(22(17)23)12-15-5-8-18(24-3)20(11-15)25-4/h5-9,11-13H,10H2,1-4H3/b21-12-. The van der Waals surface area contributed by atoms with Crippen LogP contribution in [0, 0.1) is 0 Å². The first-order valence-electron chi connectivity index (χ1n) is 8.58. The van der Waals surface area contributed by atoms with Gasteiger partial charge in [-0.05, 0) is 55.8 Å². The fourth-order valence-corrected chi connectivity index (χ4v) is 2.66. The normalized spacial score (nSPS) is 13.8. The summed E-state index contributed by atoms with van der Waals surface area (Å²) in [6.07, 6.45) is 3.68. The van der Waals surface area contributed by atoms with Crippen LogP contribution in [0.4, 0.5) is 0 Å². The highest BCUT2D eigenvalue weighted by molar-refractivity contribution is 6.14. The summed E-state index contributed by atoms with van der Waals surface area (Å²) in [5.74, 6) is 2.48. The van der Waals surface area contributed by atoms with Crippen LogP contribution >= 0.6 is 0 Å². The molecule has 0 aliphatic carbocycles. The zero-order chi connectivity index (χ0) is 19.4. The van der Waals surface area contributed by atoms with Gasteiger partial charge in [-0.3, -0.25) is 4.79 Å². The Kier molecular flexibility index (Phi) is 5.50. The molecule has 0 aromatic heterocycles. The first-order valence-corrected chi connectivity index (χ1v) is 8.58. The van der Waals surface area contributed by atoms with Crippen molar-refractivity contribution in [3.05, 3.63) is 64.9 Å². The molecule has 0 bridgehead atoms. The van der Waals surface area contributed by atoms with Gasteiger partial charge in [-0.15, -0.1) is 0 Å². The van der Waals surface area contributed by atoms with Crippen molar-refractivity contribution in [2.45, 2.75) is 13.8 Å². The van der Waals surface area contributed by atoms with E-state index >= 15 is 0 Å². The predicted molar refractivity (Wildman–Crippen MR) is 104 cm³/mol. The van der Waals surface area contributed by atoms with Gasteiger partial charge in [-0.25, -0.2) is 0 Å². The Morgan fingerprint density at radius 3 is 2.52 bits per heavy atom. The second-order valence-electron chi connectivity index (χ2n) is 6.30. The van der Waals surface area contributed by atoms with Crippen LogP contribution in [0.25, 0.3) is 6.08 Å². The molecule has 1 heterocycles. The summed E-state index contributed by atoms with van der Waals surface area (Å²) in [6, 6.07) is 10.7. The largest absolute Gasteiger partial charge is 0.493 e. The summed E-state index contributed by atoms with van der Waals surface area (Å²) in [6.45, 7) is 4.50. The van der Waals surface area contributed by atoms with Crippen molar-refractivity contribution in [1.29, 1.82) is 0 Å². The minimum atomic E-state index is -0.157. The molecular weight excluding hydrogens is 344 g/mol. The van der Waals surface area contributed by atoms with Crippen molar-refractivity contribution in [2.24, 2.45) is 0 Å². The number of allylic oxidation sites excluding steroid dienone is 2. The molecule has 2 aromatic carbocycles. The fourth-order valence-electron chi connectivity index (χ4n) is 2.66. The van der Waals surface area contributed by atoms with Gasteiger partial charge in [0.25, 0.3) is 0 Å². The molecule has 5 nitrogen and oxygen atoms in total. The number of hydrogen-bond acceptors (Lipinski definition) is 5. The quantitative estimate of drug-likeness (QED) is 0.549. The van der Waals surface area contributed by atoms with E-state index in [2.05, 4.69) is 0 Å². The van der Waals surface area contributed by atoms with Gasteiger partial charge in [0.15, 0.2) is 17.3 Å². The van der Waals surface area contributed by atoms with Gasteiger partial charge >= 0.3 is 0 Å². The maximum atomic E-state index is 12.6. The molecule has 140 valence electrons. The first kappa shape index (κ1) is 18.6. The van der Waals surface area contributed by atoms with E-state index in [1.54, 1.807) is 50.6 Å². The van der Waals surface area contributed by atoms with Gasteiger partial charge in [0, 0.05) is 6.07 Å². The van der Waals surface area contributed by atoms with Crippen molar-refractivity contribution in [1.82, 2.24) is 0 Å². The third kappa shape index (κ3) is 4.14. The molecule has 3 rings (SSSR count). The summed E-state index contributed by atoms with van der Waals surface area (Å²) in [5, 5.41) is 0. The molecule has 0 saturated heterocycles. The molecule has 0 saturated carbocycles. The maximum Gasteiger partial charge on any atom is 0.231 e. The molecule has 1 aliphatic rings. The van der Waals surface area contributed by atoms with Crippen LogP contribution in [-0.2, 0) is 0 Å². The van der Waals surface area contributed by atoms with Crippen LogP contribution in [0.2, 0.25) is 0 Å². The summed E-state index contributed by atoms with van der Waals surface area (Å²) < 4.78 is 22.0. The van der Waals surface area contributed by atoms with Crippen LogP contribution in [0.5, 0.6) is 23.0 Å². The Morgan fingerprint density at radius 1 is 1.04 bits per heavy atom. The maximum absolute atomic E-state index is 12.6. The fraction of sp³-hybridized carbons (Fsp3) is 0.227. The van der Waals surface area contributed by atoms with Crippen LogP contribution < -0.4 is 18.9 Å². The molecule has 5 heteroatoms. The number of rotatable bonds is 6. The molecule has 1 aliphatic heterocycles. The van der Waals surface area contributed by atoms with Gasteiger partial charge in [-0.2, -0.15) is 0 Å². The molecule has 2 aromatic rings. The third-order valence-electron chi connectivity index (χ3n) is 4.09. The van der Waals surface area contributed by atoms with E-state index < -0.39 is 0 Å². The van der Waals surface area contributed by atoms with E-state index in [1.807, 2.05) is 26.0 Å². The Balaban J connectivity index is 1.82. The smallest absolute Gasteiger partial charge is 0.231 e. The topological polar surface area (TPSA) is 54.0 Å². The molecule has 0 unspecified atom stereocenters. The van der Waals surface area contributed by atoms with E-state index in [4.69, 9.17) is 18.9 Å². The average molecular weight is 366 g/mol. The average Bonchev–Trinajstić information content (AvgIpc) is 2.96. The number of carbonyl (C=O) groups excluding carboxylic acids is 1. The molecular formula is C22H22O5. The van der Waals surface area contributed by atoms with Gasteiger partial charge in [0.2, 0.25) is 5.78 Å². The van der Waals surface area contributed by atoms with E-state index in [9.17, 15) is 4.79 Å². The van der Waals surface area contributed by atoms with Gasteiger partial charge in [-0.1, -0.05) is 11.6 Å². The highest BCUT2D eigenvalue weighted by Gasteiger charge is 2.27. The lowest BCUT2D eigenvalue weighted by atomic mass is 10.1. The Hall–Kier alpha value is -3.21. The Bertz CT molecular complexity index is 920. The highest BCUT2D eigenvalue weighted by atomic mass is 16.5. The predicted octanol–water partition coefficient (Wildman–Crippen LogP) is 4.67. The molecule has 27 heavy (non-hydrogen) atoms. The molecule has 0 spiro atoms. The molecule has 0 atom stereocenters. The Morgan fingerprint density at radius 2 is 1.81 bits per heavy atom. The summed E-state index contributed by atoms with van der Waals surface area (Å²) in [4.78, 5) is 12.6. The second kappa shape index (κ2) is 7.99. The van der Waals surface area contributed by atoms with Crippen molar-refractivity contribution in [2.75, 3.05) is 20.8 Å². The number of ketones is 1. The van der Waals surface area contributed by atoms with Crippen molar-refractivity contribution >= 4 is 11.9 Å². The van der Waals surface area contributed by atoms with Crippen molar-refractivity contribution in [3.63, 3.8) is 0 Å². The summed E-state index contributed by atoms with van der Waals surface area (Å²) in [5.41, 5.74) is 2.49.